The minimum Gasteiger partial charge on any atom is -0.493 e. The van der Waals surface area contributed by atoms with Gasteiger partial charge < -0.3 is 19.7 Å². The first-order valence-corrected chi connectivity index (χ1v) is 8.94. The number of hydrogen-bond acceptors (Lipinski definition) is 4. The van der Waals surface area contributed by atoms with Crippen molar-refractivity contribution in [2.75, 3.05) is 33.9 Å². The Morgan fingerprint density at radius 2 is 1.68 bits per heavy atom. The lowest BCUT2D eigenvalue weighted by Crippen LogP contribution is -2.38. The Morgan fingerprint density at radius 1 is 1.00 bits per heavy atom. The van der Waals surface area contributed by atoms with Crippen LogP contribution in [0, 0.1) is 5.82 Å². The smallest absolute Gasteiger partial charge is 0.251 e. The van der Waals surface area contributed by atoms with E-state index < -0.39 is 5.82 Å². The molecule has 2 aromatic carbocycles. The minimum absolute atomic E-state index is 0.0727. The first-order chi connectivity index (χ1) is 13.4. The summed E-state index contributed by atoms with van der Waals surface area (Å²) in [5, 5.41) is 2.74. The number of carbonyl (C=O) groups is 2. The first-order valence-electron chi connectivity index (χ1n) is 8.94. The second-order valence-electron chi connectivity index (χ2n) is 6.21. The molecule has 0 saturated carbocycles. The summed E-state index contributed by atoms with van der Waals surface area (Å²) in [5.74, 6) is 0.522. The zero-order valence-electron chi connectivity index (χ0n) is 16.3. The van der Waals surface area contributed by atoms with E-state index in [0.29, 0.717) is 43.1 Å². The predicted octanol–water partition coefficient (Wildman–Crippen LogP) is 2.66. The summed E-state index contributed by atoms with van der Waals surface area (Å²) < 4.78 is 23.4. The summed E-state index contributed by atoms with van der Waals surface area (Å²) >= 11 is 0. The fourth-order valence-electron chi connectivity index (χ4n) is 2.73. The molecule has 0 unspecified atom stereocenters. The molecule has 0 fully saturated rings. The van der Waals surface area contributed by atoms with Gasteiger partial charge in [-0.3, -0.25) is 9.59 Å². The monoisotopic (exact) mass is 388 g/mol. The van der Waals surface area contributed by atoms with Crippen LogP contribution in [0.25, 0.3) is 0 Å². The average Bonchev–Trinajstić information content (AvgIpc) is 2.70. The molecule has 1 N–H and O–H groups in total. The van der Waals surface area contributed by atoms with Crippen LogP contribution in [0.15, 0.2) is 42.5 Å². The summed E-state index contributed by atoms with van der Waals surface area (Å²) in [6.45, 7) is 2.70. The fraction of sp³-hybridized carbons (Fsp3) is 0.333. The topological polar surface area (TPSA) is 67.9 Å². The SMILES string of the molecule is COc1ccc(CCN(CCNC(=O)c2ccc(F)cc2)C(C)=O)cc1OC. The summed E-state index contributed by atoms with van der Waals surface area (Å²) in [5.41, 5.74) is 1.39. The van der Waals surface area contributed by atoms with Gasteiger partial charge in [-0.05, 0) is 48.4 Å². The van der Waals surface area contributed by atoms with E-state index in [9.17, 15) is 14.0 Å². The van der Waals surface area contributed by atoms with E-state index in [2.05, 4.69) is 5.32 Å². The molecule has 0 aliphatic rings. The van der Waals surface area contributed by atoms with E-state index in [1.165, 1.54) is 31.2 Å². The normalized spacial score (nSPS) is 10.3. The molecule has 0 atom stereocenters. The number of carbonyl (C=O) groups excluding carboxylic acids is 2. The zero-order valence-corrected chi connectivity index (χ0v) is 16.3. The van der Waals surface area contributed by atoms with Crippen molar-refractivity contribution in [3.05, 3.63) is 59.4 Å². The molecule has 0 aromatic heterocycles. The van der Waals surface area contributed by atoms with Crippen molar-refractivity contribution >= 4 is 11.8 Å². The van der Waals surface area contributed by atoms with Gasteiger partial charge in [0.15, 0.2) is 11.5 Å². The standard InChI is InChI=1S/C21H25FN2O4/c1-15(25)24(12-10-16-4-9-19(27-2)20(14-16)28-3)13-11-23-21(26)17-5-7-18(22)8-6-17/h4-9,14H,10-13H2,1-3H3,(H,23,26). The number of benzene rings is 2. The van der Waals surface area contributed by atoms with Crippen molar-refractivity contribution in [1.29, 1.82) is 0 Å². The molecule has 0 spiro atoms. The molecule has 150 valence electrons. The third-order valence-electron chi connectivity index (χ3n) is 4.34. The van der Waals surface area contributed by atoms with Crippen molar-refractivity contribution in [3.8, 4) is 11.5 Å². The van der Waals surface area contributed by atoms with Crippen LogP contribution in [0.4, 0.5) is 4.39 Å². The van der Waals surface area contributed by atoms with Crippen LogP contribution in [0.5, 0.6) is 11.5 Å². The van der Waals surface area contributed by atoms with Gasteiger partial charge in [-0.1, -0.05) is 6.07 Å². The van der Waals surface area contributed by atoms with Crippen molar-refractivity contribution in [3.63, 3.8) is 0 Å². The molecule has 0 heterocycles. The number of rotatable bonds is 9. The number of methoxy groups -OCH3 is 2. The molecule has 0 saturated heterocycles. The molecule has 0 aliphatic heterocycles. The van der Waals surface area contributed by atoms with Crippen molar-refractivity contribution in [1.82, 2.24) is 10.2 Å². The molecule has 2 rings (SSSR count). The molecule has 0 aliphatic carbocycles. The van der Waals surface area contributed by atoms with Crippen LogP contribution < -0.4 is 14.8 Å². The summed E-state index contributed by atoms with van der Waals surface area (Å²) in [6.07, 6.45) is 0.645. The Bertz CT molecular complexity index is 809. The Kier molecular flexibility index (Phi) is 7.80. The Hall–Kier alpha value is -3.09. The summed E-state index contributed by atoms with van der Waals surface area (Å²) in [7, 11) is 3.16. The van der Waals surface area contributed by atoms with Crippen molar-refractivity contribution in [2.24, 2.45) is 0 Å². The van der Waals surface area contributed by atoms with Gasteiger partial charge in [-0.15, -0.1) is 0 Å². The second kappa shape index (κ2) is 10.3. The van der Waals surface area contributed by atoms with Crippen LogP contribution in [0.2, 0.25) is 0 Å². The molecule has 2 amide bonds. The quantitative estimate of drug-likeness (QED) is 0.717. The summed E-state index contributed by atoms with van der Waals surface area (Å²) in [6, 6.07) is 11.0. The van der Waals surface area contributed by atoms with Gasteiger partial charge in [0.05, 0.1) is 14.2 Å². The maximum absolute atomic E-state index is 12.9. The number of amides is 2. The van der Waals surface area contributed by atoms with Gasteiger partial charge in [0.1, 0.15) is 5.82 Å². The third kappa shape index (κ3) is 5.97. The highest BCUT2D eigenvalue weighted by Crippen LogP contribution is 2.27. The molecular weight excluding hydrogens is 363 g/mol. The zero-order chi connectivity index (χ0) is 20.5. The maximum Gasteiger partial charge on any atom is 0.251 e. The van der Waals surface area contributed by atoms with Crippen molar-refractivity contribution < 1.29 is 23.5 Å². The van der Waals surface area contributed by atoms with Gasteiger partial charge >= 0.3 is 0 Å². The highest BCUT2D eigenvalue weighted by atomic mass is 19.1. The van der Waals surface area contributed by atoms with Gasteiger partial charge in [-0.25, -0.2) is 4.39 Å². The molecule has 0 bridgehead atoms. The van der Waals surface area contributed by atoms with Crippen LogP contribution in [0.3, 0.4) is 0 Å². The minimum atomic E-state index is -0.394. The third-order valence-corrected chi connectivity index (χ3v) is 4.34. The molecule has 7 heteroatoms. The van der Waals surface area contributed by atoms with Crippen LogP contribution in [0.1, 0.15) is 22.8 Å². The Balaban J connectivity index is 1.87. The van der Waals surface area contributed by atoms with Crippen LogP contribution >= 0.6 is 0 Å². The van der Waals surface area contributed by atoms with Crippen LogP contribution in [-0.4, -0.2) is 50.6 Å². The highest BCUT2D eigenvalue weighted by Gasteiger charge is 2.12. The number of nitrogens with zero attached hydrogens (tertiary/aromatic N) is 1. The van der Waals surface area contributed by atoms with Gasteiger partial charge in [0, 0.05) is 32.1 Å². The molecule has 28 heavy (non-hydrogen) atoms. The van der Waals surface area contributed by atoms with Crippen molar-refractivity contribution in [2.45, 2.75) is 13.3 Å². The van der Waals surface area contributed by atoms with Crippen LogP contribution in [-0.2, 0) is 11.2 Å². The lowest BCUT2D eigenvalue weighted by molar-refractivity contribution is -0.128. The first kappa shape index (κ1) is 21.2. The molecular formula is C21H25FN2O4. The number of nitrogens with one attached hydrogen (secondary N) is 1. The number of hydrogen-bond donors (Lipinski definition) is 1. The van der Waals surface area contributed by atoms with E-state index in [0.717, 1.165) is 5.56 Å². The molecule has 2 aromatic rings. The van der Waals surface area contributed by atoms with E-state index in [1.807, 2.05) is 18.2 Å². The van der Waals surface area contributed by atoms with E-state index >= 15 is 0 Å². The van der Waals surface area contributed by atoms with E-state index in [4.69, 9.17) is 9.47 Å². The lowest BCUT2D eigenvalue weighted by atomic mass is 10.1. The number of ether oxygens (including phenoxy) is 2. The van der Waals surface area contributed by atoms with E-state index in [1.54, 1.807) is 19.1 Å². The van der Waals surface area contributed by atoms with Gasteiger partial charge in [0.2, 0.25) is 5.91 Å². The molecule has 6 nitrogen and oxygen atoms in total. The van der Waals surface area contributed by atoms with E-state index in [-0.39, 0.29) is 11.8 Å². The number of halogens is 1. The molecule has 0 radical (unpaired) electrons. The largest absolute Gasteiger partial charge is 0.493 e. The average molecular weight is 388 g/mol. The van der Waals surface area contributed by atoms with Gasteiger partial charge in [0.25, 0.3) is 5.91 Å². The predicted molar refractivity (Wildman–Crippen MR) is 104 cm³/mol. The maximum atomic E-state index is 12.9. The Labute approximate surface area is 164 Å². The Morgan fingerprint density at radius 3 is 2.29 bits per heavy atom. The lowest BCUT2D eigenvalue weighted by Gasteiger charge is -2.21. The summed E-state index contributed by atoms with van der Waals surface area (Å²) in [4.78, 5) is 25.6. The second-order valence-corrected chi connectivity index (χ2v) is 6.21. The van der Waals surface area contributed by atoms with Gasteiger partial charge in [-0.2, -0.15) is 0 Å². The fourth-order valence-corrected chi connectivity index (χ4v) is 2.73. The highest BCUT2D eigenvalue weighted by molar-refractivity contribution is 5.94.